The van der Waals surface area contributed by atoms with Crippen LogP contribution < -0.4 is 0 Å². The molecule has 7 nitrogen and oxygen atoms in total. The summed E-state index contributed by atoms with van der Waals surface area (Å²) in [5, 5.41) is 7.82. The zero-order chi connectivity index (χ0) is 17.4. The summed E-state index contributed by atoms with van der Waals surface area (Å²) in [7, 11) is -3.42. The molecule has 2 aliphatic rings. The van der Waals surface area contributed by atoms with Crippen LogP contribution in [0.25, 0.3) is 0 Å². The van der Waals surface area contributed by atoms with Crippen molar-refractivity contribution in [1.82, 2.24) is 19.4 Å². The summed E-state index contributed by atoms with van der Waals surface area (Å²) in [6.07, 6.45) is 3.16. The summed E-state index contributed by atoms with van der Waals surface area (Å²) in [6.45, 7) is 4.60. The minimum Gasteiger partial charge on any atom is -0.424 e. The fourth-order valence-corrected chi connectivity index (χ4v) is 5.05. The van der Waals surface area contributed by atoms with E-state index in [1.165, 1.54) is 11.1 Å². The number of nitrogens with zero attached hydrogens (tertiary/aromatic N) is 4. The van der Waals surface area contributed by atoms with Crippen molar-refractivity contribution in [1.29, 1.82) is 0 Å². The highest BCUT2D eigenvalue weighted by Gasteiger charge is 2.29. The van der Waals surface area contributed by atoms with Gasteiger partial charge in [-0.2, -0.15) is 4.31 Å². The first-order chi connectivity index (χ1) is 12.0. The van der Waals surface area contributed by atoms with Crippen molar-refractivity contribution in [3.05, 3.63) is 41.1 Å². The first-order valence-electron chi connectivity index (χ1n) is 8.66. The van der Waals surface area contributed by atoms with Gasteiger partial charge in [-0.15, -0.1) is 10.2 Å². The van der Waals surface area contributed by atoms with Crippen molar-refractivity contribution in [2.75, 3.05) is 26.2 Å². The zero-order valence-corrected chi connectivity index (χ0v) is 15.1. The molecule has 0 spiro atoms. The Bertz CT molecular complexity index is 870. The van der Waals surface area contributed by atoms with E-state index >= 15 is 0 Å². The maximum atomic E-state index is 12.9. The Hall–Kier alpha value is -1.77. The average Bonchev–Trinajstić information content (AvgIpc) is 3.23. The van der Waals surface area contributed by atoms with Gasteiger partial charge in [0.05, 0.1) is 11.4 Å². The third-order valence-corrected chi connectivity index (χ3v) is 6.86. The Balaban J connectivity index is 1.42. The van der Waals surface area contributed by atoms with Crippen molar-refractivity contribution in [3.8, 4) is 0 Å². The highest BCUT2D eigenvalue weighted by Crippen LogP contribution is 2.26. The molecule has 0 radical (unpaired) electrons. The number of benzene rings is 1. The van der Waals surface area contributed by atoms with E-state index in [1.54, 1.807) is 17.3 Å². The molecular weight excluding hydrogens is 340 g/mol. The summed E-state index contributed by atoms with van der Waals surface area (Å²) in [5.41, 5.74) is 2.48. The van der Waals surface area contributed by atoms with Gasteiger partial charge in [-0.3, -0.25) is 4.90 Å². The zero-order valence-electron chi connectivity index (χ0n) is 14.3. The minimum absolute atomic E-state index is 0.425. The number of sulfonamides is 1. The van der Waals surface area contributed by atoms with Gasteiger partial charge in [0.25, 0.3) is 0 Å². The molecule has 0 N–H and O–H groups in total. The van der Waals surface area contributed by atoms with Gasteiger partial charge in [-0.05, 0) is 42.5 Å². The maximum Gasteiger partial charge on any atom is 0.243 e. The summed E-state index contributed by atoms with van der Waals surface area (Å²) < 4.78 is 32.8. The van der Waals surface area contributed by atoms with Crippen LogP contribution >= 0.6 is 0 Å². The Morgan fingerprint density at radius 3 is 2.56 bits per heavy atom. The summed E-state index contributed by atoms with van der Waals surface area (Å²) in [6, 6.07) is 5.60. The Labute approximate surface area is 147 Å². The number of aryl methyl sites for hydroxylation is 3. The molecule has 1 saturated heterocycles. The van der Waals surface area contributed by atoms with E-state index in [9.17, 15) is 8.42 Å². The number of aromatic nitrogens is 2. The van der Waals surface area contributed by atoms with Crippen LogP contribution in [-0.2, 0) is 29.4 Å². The van der Waals surface area contributed by atoms with Crippen LogP contribution in [0.5, 0.6) is 0 Å². The van der Waals surface area contributed by atoms with E-state index in [2.05, 4.69) is 15.1 Å². The largest absolute Gasteiger partial charge is 0.424 e. The Morgan fingerprint density at radius 2 is 1.84 bits per heavy atom. The fourth-order valence-electron chi connectivity index (χ4n) is 3.58. The molecule has 0 saturated carbocycles. The molecule has 2 heterocycles. The minimum atomic E-state index is -3.42. The van der Waals surface area contributed by atoms with E-state index < -0.39 is 10.0 Å². The summed E-state index contributed by atoms with van der Waals surface area (Å²) in [4.78, 5) is 2.57. The quantitative estimate of drug-likeness (QED) is 0.817. The lowest BCUT2D eigenvalue weighted by molar-refractivity contribution is 0.167. The van der Waals surface area contributed by atoms with Crippen LogP contribution in [0.1, 0.15) is 29.3 Å². The smallest absolute Gasteiger partial charge is 0.243 e. The fraction of sp³-hybridized carbons (Fsp3) is 0.529. The van der Waals surface area contributed by atoms with Crippen molar-refractivity contribution >= 4 is 10.0 Å². The highest BCUT2D eigenvalue weighted by atomic mass is 32.2. The number of rotatable bonds is 4. The molecule has 0 amide bonds. The molecule has 0 bridgehead atoms. The molecule has 1 aromatic carbocycles. The Kier molecular flexibility index (Phi) is 4.35. The predicted molar refractivity (Wildman–Crippen MR) is 91.5 cm³/mol. The van der Waals surface area contributed by atoms with E-state index in [1.807, 2.05) is 12.1 Å². The molecule has 2 aromatic rings. The van der Waals surface area contributed by atoms with Gasteiger partial charge in [0, 0.05) is 33.1 Å². The lowest BCUT2D eigenvalue weighted by Gasteiger charge is -2.33. The van der Waals surface area contributed by atoms with Gasteiger partial charge in [0.2, 0.25) is 21.8 Å². The third-order valence-electron chi connectivity index (χ3n) is 4.97. The van der Waals surface area contributed by atoms with Gasteiger partial charge < -0.3 is 4.42 Å². The summed E-state index contributed by atoms with van der Waals surface area (Å²) in [5.74, 6) is 1.13. The summed E-state index contributed by atoms with van der Waals surface area (Å²) >= 11 is 0. The van der Waals surface area contributed by atoms with Crippen molar-refractivity contribution in [2.24, 2.45) is 0 Å². The molecule has 1 fully saturated rings. The number of fused-ring (bicyclic) bond motifs is 1. The second-order valence-electron chi connectivity index (χ2n) is 6.68. The van der Waals surface area contributed by atoms with Gasteiger partial charge >= 0.3 is 0 Å². The first kappa shape index (κ1) is 16.7. The highest BCUT2D eigenvalue weighted by molar-refractivity contribution is 7.89. The lowest BCUT2D eigenvalue weighted by Crippen LogP contribution is -2.48. The van der Waals surface area contributed by atoms with Crippen molar-refractivity contribution < 1.29 is 12.8 Å². The second-order valence-corrected chi connectivity index (χ2v) is 8.62. The SMILES string of the molecule is Cc1nnc(CN2CCN(S(=O)(=O)c3ccc4c(c3)CCC4)CC2)o1. The molecule has 0 atom stereocenters. The number of hydrogen-bond donors (Lipinski definition) is 0. The van der Waals surface area contributed by atoms with E-state index in [0.29, 0.717) is 49.4 Å². The number of piperazine rings is 1. The van der Waals surface area contributed by atoms with Crippen LogP contribution in [0.2, 0.25) is 0 Å². The molecular formula is C17H22N4O3S. The topological polar surface area (TPSA) is 79.5 Å². The van der Waals surface area contributed by atoms with E-state index in [0.717, 1.165) is 19.3 Å². The molecule has 134 valence electrons. The average molecular weight is 362 g/mol. The number of hydrogen-bond acceptors (Lipinski definition) is 6. The van der Waals surface area contributed by atoms with Gasteiger partial charge in [-0.1, -0.05) is 6.07 Å². The third kappa shape index (κ3) is 3.33. The van der Waals surface area contributed by atoms with Gasteiger partial charge in [-0.25, -0.2) is 8.42 Å². The van der Waals surface area contributed by atoms with E-state index in [4.69, 9.17) is 4.42 Å². The van der Waals surface area contributed by atoms with Crippen LogP contribution in [0, 0.1) is 6.92 Å². The standard InChI is InChI=1S/C17H22N4O3S/c1-13-18-19-17(24-13)12-20-7-9-21(10-8-20)25(22,23)16-6-5-14-3-2-4-15(14)11-16/h5-6,11H,2-4,7-10,12H2,1H3. The molecule has 25 heavy (non-hydrogen) atoms. The molecule has 1 aliphatic carbocycles. The molecule has 1 aliphatic heterocycles. The van der Waals surface area contributed by atoms with Crippen molar-refractivity contribution in [2.45, 2.75) is 37.6 Å². The molecule has 0 unspecified atom stereocenters. The molecule has 8 heteroatoms. The first-order valence-corrected chi connectivity index (χ1v) is 10.1. The van der Waals surface area contributed by atoms with Gasteiger partial charge in [0.15, 0.2) is 0 Å². The molecule has 1 aromatic heterocycles. The van der Waals surface area contributed by atoms with Crippen molar-refractivity contribution in [3.63, 3.8) is 0 Å². The molecule has 4 rings (SSSR count). The second kappa shape index (κ2) is 6.51. The van der Waals surface area contributed by atoms with Crippen LogP contribution in [0.15, 0.2) is 27.5 Å². The van der Waals surface area contributed by atoms with Crippen LogP contribution in [0.4, 0.5) is 0 Å². The maximum absolute atomic E-state index is 12.9. The predicted octanol–water partition coefficient (Wildman–Crippen LogP) is 1.37. The lowest BCUT2D eigenvalue weighted by atomic mass is 10.1. The van der Waals surface area contributed by atoms with Crippen LogP contribution in [-0.4, -0.2) is 54.0 Å². The normalized spacial score (nSPS) is 19.2. The monoisotopic (exact) mass is 362 g/mol. The van der Waals surface area contributed by atoms with Crippen LogP contribution in [0.3, 0.4) is 0 Å². The Morgan fingerprint density at radius 1 is 1.08 bits per heavy atom. The van der Waals surface area contributed by atoms with E-state index in [-0.39, 0.29) is 0 Å². The van der Waals surface area contributed by atoms with Gasteiger partial charge in [0.1, 0.15) is 0 Å².